The summed E-state index contributed by atoms with van der Waals surface area (Å²) in [6.07, 6.45) is 6.81. The Kier molecular flexibility index (Phi) is 8.46. The zero-order valence-electron chi connectivity index (χ0n) is 9.25. The molecule has 0 saturated heterocycles. The number of hydrogen-bond donors (Lipinski definition) is 1. The number of rotatable bonds is 8. The second-order valence-electron chi connectivity index (χ2n) is 3.71. The maximum Gasteiger partial charge on any atom is 0.0802 e. The third-order valence-electron chi connectivity index (χ3n) is 2.52. The molecule has 0 aromatic carbocycles. The second kappa shape index (κ2) is 8.52. The quantitative estimate of drug-likeness (QED) is 0.593. The Morgan fingerprint density at radius 1 is 1.15 bits per heavy atom. The van der Waals surface area contributed by atoms with Crippen LogP contribution in [-0.2, 0) is 4.74 Å². The largest absolute Gasteiger partial charge is 0.390 e. The Labute approximate surface area is 82.3 Å². The monoisotopic (exact) mass is 188 g/mol. The van der Waals surface area contributed by atoms with E-state index >= 15 is 0 Å². The van der Waals surface area contributed by atoms with Crippen molar-refractivity contribution in [2.45, 2.75) is 64.6 Å². The van der Waals surface area contributed by atoms with Gasteiger partial charge in [0.2, 0.25) is 0 Å². The van der Waals surface area contributed by atoms with Crippen LogP contribution >= 0.6 is 0 Å². The first kappa shape index (κ1) is 12.9. The zero-order chi connectivity index (χ0) is 10.1. The number of hydrogen-bond acceptors (Lipinski definition) is 2. The van der Waals surface area contributed by atoms with Gasteiger partial charge < -0.3 is 9.84 Å². The third-order valence-corrected chi connectivity index (χ3v) is 2.52. The highest BCUT2D eigenvalue weighted by molar-refractivity contribution is 4.63. The van der Waals surface area contributed by atoms with Crippen LogP contribution in [-0.4, -0.2) is 24.4 Å². The summed E-state index contributed by atoms with van der Waals surface area (Å²) in [7, 11) is 1.64. The summed E-state index contributed by atoms with van der Waals surface area (Å²) in [4.78, 5) is 0. The molecule has 0 aliphatic heterocycles. The molecule has 2 unspecified atom stereocenters. The van der Waals surface area contributed by atoms with Gasteiger partial charge in [0.05, 0.1) is 12.2 Å². The van der Waals surface area contributed by atoms with Crippen LogP contribution in [0.5, 0.6) is 0 Å². The molecular weight excluding hydrogens is 164 g/mol. The lowest BCUT2D eigenvalue weighted by molar-refractivity contribution is -0.00531. The van der Waals surface area contributed by atoms with Gasteiger partial charge in [-0.15, -0.1) is 0 Å². The Balaban J connectivity index is 3.21. The fraction of sp³-hybridized carbons (Fsp3) is 1.00. The first-order valence-corrected chi connectivity index (χ1v) is 5.43. The summed E-state index contributed by atoms with van der Waals surface area (Å²) in [5.41, 5.74) is 0. The van der Waals surface area contributed by atoms with Crippen LogP contribution in [0.2, 0.25) is 0 Å². The molecule has 0 heterocycles. The van der Waals surface area contributed by atoms with Crippen molar-refractivity contribution >= 4 is 0 Å². The molecule has 0 fully saturated rings. The lowest BCUT2D eigenvalue weighted by Crippen LogP contribution is -2.24. The fourth-order valence-corrected chi connectivity index (χ4v) is 1.35. The molecule has 2 atom stereocenters. The van der Waals surface area contributed by atoms with Crippen LogP contribution in [0.15, 0.2) is 0 Å². The molecule has 80 valence electrons. The number of unbranched alkanes of at least 4 members (excludes halogenated alkanes) is 4. The highest BCUT2D eigenvalue weighted by atomic mass is 16.5. The molecule has 0 spiro atoms. The SMILES string of the molecule is CCCCCCCC(O)C(C)OC. The standard InChI is InChI=1S/C11H24O2/c1-4-5-6-7-8-9-11(12)10(2)13-3/h10-12H,4-9H2,1-3H3. The van der Waals surface area contributed by atoms with Gasteiger partial charge in [0, 0.05) is 7.11 Å². The average Bonchev–Trinajstić information content (AvgIpc) is 2.16. The van der Waals surface area contributed by atoms with Crippen LogP contribution in [0, 0.1) is 0 Å². The van der Waals surface area contributed by atoms with Crippen molar-refractivity contribution in [2.24, 2.45) is 0 Å². The Bertz CT molecular complexity index is 104. The van der Waals surface area contributed by atoms with Gasteiger partial charge in [-0.3, -0.25) is 0 Å². The van der Waals surface area contributed by atoms with Gasteiger partial charge in [-0.2, -0.15) is 0 Å². The number of aliphatic hydroxyl groups excluding tert-OH is 1. The normalized spacial score (nSPS) is 15.7. The topological polar surface area (TPSA) is 29.5 Å². The first-order chi connectivity index (χ1) is 6.22. The number of aliphatic hydroxyl groups is 1. The molecule has 0 amide bonds. The highest BCUT2D eigenvalue weighted by Crippen LogP contribution is 2.10. The van der Waals surface area contributed by atoms with Crippen molar-refractivity contribution in [3.63, 3.8) is 0 Å². The molecule has 0 aliphatic carbocycles. The van der Waals surface area contributed by atoms with Crippen LogP contribution in [0.3, 0.4) is 0 Å². The van der Waals surface area contributed by atoms with E-state index in [0.29, 0.717) is 0 Å². The van der Waals surface area contributed by atoms with E-state index < -0.39 is 0 Å². The van der Waals surface area contributed by atoms with Crippen LogP contribution in [0.4, 0.5) is 0 Å². The van der Waals surface area contributed by atoms with Crippen LogP contribution in [0.1, 0.15) is 52.4 Å². The smallest absolute Gasteiger partial charge is 0.0802 e. The van der Waals surface area contributed by atoms with Gasteiger partial charge in [0.1, 0.15) is 0 Å². The van der Waals surface area contributed by atoms with E-state index in [-0.39, 0.29) is 12.2 Å². The number of methoxy groups -OCH3 is 1. The van der Waals surface area contributed by atoms with E-state index in [1.165, 1.54) is 25.7 Å². The van der Waals surface area contributed by atoms with Crippen molar-refractivity contribution in [2.75, 3.05) is 7.11 Å². The molecule has 0 bridgehead atoms. The van der Waals surface area contributed by atoms with E-state index in [4.69, 9.17) is 4.74 Å². The van der Waals surface area contributed by atoms with Crippen molar-refractivity contribution in [3.05, 3.63) is 0 Å². The van der Waals surface area contributed by atoms with Gasteiger partial charge in [-0.05, 0) is 13.3 Å². The van der Waals surface area contributed by atoms with E-state index in [9.17, 15) is 5.11 Å². The van der Waals surface area contributed by atoms with Crippen molar-refractivity contribution in [3.8, 4) is 0 Å². The maximum absolute atomic E-state index is 9.55. The van der Waals surface area contributed by atoms with E-state index in [0.717, 1.165) is 12.8 Å². The molecule has 0 radical (unpaired) electrons. The van der Waals surface area contributed by atoms with E-state index in [1.54, 1.807) is 7.11 Å². The minimum absolute atomic E-state index is 0.0221. The molecule has 0 rings (SSSR count). The zero-order valence-corrected chi connectivity index (χ0v) is 9.25. The average molecular weight is 188 g/mol. The maximum atomic E-state index is 9.55. The van der Waals surface area contributed by atoms with E-state index in [2.05, 4.69) is 6.92 Å². The highest BCUT2D eigenvalue weighted by Gasteiger charge is 2.11. The lowest BCUT2D eigenvalue weighted by Gasteiger charge is -2.16. The molecule has 13 heavy (non-hydrogen) atoms. The minimum Gasteiger partial charge on any atom is -0.390 e. The fourth-order valence-electron chi connectivity index (χ4n) is 1.35. The van der Waals surface area contributed by atoms with E-state index in [1.807, 2.05) is 6.92 Å². The van der Waals surface area contributed by atoms with Gasteiger partial charge in [-0.1, -0.05) is 39.0 Å². The van der Waals surface area contributed by atoms with Crippen molar-refractivity contribution in [1.82, 2.24) is 0 Å². The van der Waals surface area contributed by atoms with Gasteiger partial charge in [0.25, 0.3) is 0 Å². The first-order valence-electron chi connectivity index (χ1n) is 5.43. The van der Waals surface area contributed by atoms with Crippen LogP contribution in [0.25, 0.3) is 0 Å². The Morgan fingerprint density at radius 3 is 2.31 bits per heavy atom. The van der Waals surface area contributed by atoms with Crippen molar-refractivity contribution < 1.29 is 9.84 Å². The summed E-state index contributed by atoms with van der Waals surface area (Å²) >= 11 is 0. The molecule has 1 N–H and O–H groups in total. The summed E-state index contributed by atoms with van der Waals surface area (Å²) < 4.78 is 5.04. The van der Waals surface area contributed by atoms with Gasteiger partial charge in [0.15, 0.2) is 0 Å². The molecule has 0 aromatic heterocycles. The summed E-state index contributed by atoms with van der Waals surface area (Å²) in [6, 6.07) is 0. The van der Waals surface area contributed by atoms with Gasteiger partial charge in [-0.25, -0.2) is 0 Å². The third kappa shape index (κ3) is 7.03. The Hall–Kier alpha value is -0.0800. The molecule has 2 nitrogen and oxygen atoms in total. The predicted octanol–water partition coefficient (Wildman–Crippen LogP) is 2.74. The summed E-state index contributed by atoms with van der Waals surface area (Å²) in [5, 5.41) is 9.55. The Morgan fingerprint density at radius 2 is 1.77 bits per heavy atom. The predicted molar refractivity (Wildman–Crippen MR) is 55.9 cm³/mol. The molecule has 0 aliphatic rings. The number of ether oxygens (including phenoxy) is 1. The summed E-state index contributed by atoms with van der Waals surface area (Å²) in [5.74, 6) is 0. The van der Waals surface area contributed by atoms with Gasteiger partial charge >= 0.3 is 0 Å². The lowest BCUT2D eigenvalue weighted by atomic mass is 10.1. The molecular formula is C11H24O2. The summed E-state index contributed by atoms with van der Waals surface area (Å²) in [6.45, 7) is 4.12. The van der Waals surface area contributed by atoms with Crippen molar-refractivity contribution in [1.29, 1.82) is 0 Å². The molecule has 0 aromatic rings. The minimum atomic E-state index is -0.286. The second-order valence-corrected chi connectivity index (χ2v) is 3.71. The molecule has 0 saturated carbocycles. The molecule has 2 heteroatoms. The van der Waals surface area contributed by atoms with Crippen LogP contribution < -0.4 is 0 Å².